The van der Waals surface area contributed by atoms with Gasteiger partial charge in [-0.25, -0.2) is 0 Å². The van der Waals surface area contributed by atoms with Crippen LogP contribution >= 0.6 is 30.8 Å². The minimum absolute atomic E-state index is 0.00160. The van der Waals surface area contributed by atoms with Gasteiger partial charge in [-0.3, -0.25) is 9.36 Å². The van der Waals surface area contributed by atoms with Gasteiger partial charge in [-0.2, -0.15) is 0 Å². The Morgan fingerprint density at radius 3 is 2.22 bits per heavy atom. The molecule has 0 atom stereocenters. The lowest BCUT2D eigenvalue weighted by Crippen LogP contribution is -2.06. The van der Waals surface area contributed by atoms with Gasteiger partial charge in [-0.05, 0) is 36.2 Å². The third kappa shape index (κ3) is 5.71. The van der Waals surface area contributed by atoms with E-state index in [1.807, 2.05) is 19.9 Å². The molecule has 146 valence electrons. The lowest BCUT2D eigenvalue weighted by Gasteiger charge is -2.15. The summed E-state index contributed by atoms with van der Waals surface area (Å²) in [7, 11) is -2.90. The Kier molecular flexibility index (Phi) is 6.95. The molecule has 0 radical (unpaired) electrons. The summed E-state index contributed by atoms with van der Waals surface area (Å²) < 4.78 is 22.1. The molecule has 0 aliphatic heterocycles. The second kappa shape index (κ2) is 8.63. The largest absolute Gasteiger partial charge is 0.496 e. The van der Waals surface area contributed by atoms with Gasteiger partial charge in [0.15, 0.2) is 11.5 Å². The number of benzene rings is 2. The number of carbonyl (C=O) groups excluding carboxylic acids is 1. The average molecular weight is 433 g/mol. The first-order chi connectivity index (χ1) is 12.5. The molecule has 0 aliphatic rings. The van der Waals surface area contributed by atoms with E-state index in [9.17, 15) is 9.36 Å². The van der Waals surface area contributed by atoms with E-state index in [4.69, 9.17) is 42.5 Å². The first-order valence-electron chi connectivity index (χ1n) is 7.94. The van der Waals surface area contributed by atoms with Crippen molar-refractivity contribution >= 4 is 36.6 Å². The molecule has 0 saturated heterocycles. The fourth-order valence-corrected chi connectivity index (χ4v) is 3.56. The number of rotatable bonds is 7. The SMILES string of the molecule is COc1ccc(Oc2c(Cl)cc(C(=O)CP(=O)(O)O)cc2Cl)cc1C(C)C. The molecule has 0 aliphatic carbocycles. The monoisotopic (exact) mass is 432 g/mol. The third-order valence-corrected chi connectivity index (χ3v) is 4.97. The standard InChI is InChI=1S/C18H19Cl2O6P/c1-10(2)13-8-12(4-5-17(13)25-3)26-18-14(19)6-11(7-15(18)20)16(21)9-27(22,23)24/h4-8,10H,9H2,1-3H3,(H2,22,23,24). The van der Waals surface area contributed by atoms with Crippen LogP contribution < -0.4 is 9.47 Å². The van der Waals surface area contributed by atoms with Crippen molar-refractivity contribution in [1.82, 2.24) is 0 Å². The van der Waals surface area contributed by atoms with E-state index in [1.165, 1.54) is 12.1 Å². The molecule has 0 bridgehead atoms. The van der Waals surface area contributed by atoms with E-state index in [-0.39, 0.29) is 27.3 Å². The van der Waals surface area contributed by atoms with Gasteiger partial charge in [-0.15, -0.1) is 0 Å². The van der Waals surface area contributed by atoms with E-state index in [2.05, 4.69) is 0 Å². The van der Waals surface area contributed by atoms with Crippen molar-refractivity contribution in [1.29, 1.82) is 0 Å². The van der Waals surface area contributed by atoms with Crippen LogP contribution in [0.15, 0.2) is 30.3 Å². The van der Waals surface area contributed by atoms with Crippen LogP contribution in [0.25, 0.3) is 0 Å². The molecule has 2 aromatic carbocycles. The molecule has 6 nitrogen and oxygen atoms in total. The zero-order chi connectivity index (χ0) is 20.4. The Balaban J connectivity index is 2.34. The molecule has 27 heavy (non-hydrogen) atoms. The van der Waals surface area contributed by atoms with Gasteiger partial charge in [-0.1, -0.05) is 37.0 Å². The maximum Gasteiger partial charge on any atom is 0.333 e. The van der Waals surface area contributed by atoms with Gasteiger partial charge in [0.25, 0.3) is 0 Å². The van der Waals surface area contributed by atoms with Crippen LogP contribution in [0.3, 0.4) is 0 Å². The van der Waals surface area contributed by atoms with E-state index in [1.54, 1.807) is 19.2 Å². The molecule has 0 unspecified atom stereocenters. The Bertz CT molecular complexity index is 884. The van der Waals surface area contributed by atoms with Gasteiger partial charge in [0, 0.05) is 11.1 Å². The predicted octanol–water partition coefficient (Wildman–Crippen LogP) is 5.28. The predicted molar refractivity (Wildman–Crippen MR) is 105 cm³/mol. The van der Waals surface area contributed by atoms with E-state index in [0.29, 0.717) is 5.75 Å². The molecule has 2 N–H and O–H groups in total. The summed E-state index contributed by atoms with van der Waals surface area (Å²) in [4.78, 5) is 29.8. The highest BCUT2D eigenvalue weighted by Crippen LogP contribution is 2.41. The Hall–Kier alpha value is -1.56. The highest BCUT2D eigenvalue weighted by Gasteiger charge is 2.22. The summed E-state index contributed by atoms with van der Waals surface area (Å²) in [5.41, 5.74) is 0.939. The summed E-state index contributed by atoms with van der Waals surface area (Å²) in [6.07, 6.45) is -0.921. The van der Waals surface area contributed by atoms with Gasteiger partial charge in [0.2, 0.25) is 0 Å². The lowest BCUT2D eigenvalue weighted by molar-refractivity contribution is 0.101. The smallest absolute Gasteiger partial charge is 0.333 e. The molecule has 0 aromatic heterocycles. The summed E-state index contributed by atoms with van der Waals surface area (Å²) >= 11 is 12.4. The lowest BCUT2D eigenvalue weighted by atomic mass is 10.0. The molecular weight excluding hydrogens is 414 g/mol. The number of methoxy groups -OCH3 is 1. The molecule has 0 heterocycles. The molecule has 2 rings (SSSR count). The van der Waals surface area contributed by atoms with Crippen molar-refractivity contribution in [3.05, 3.63) is 51.5 Å². The number of Topliss-reactive ketones (excluding diaryl/α,β-unsaturated/α-hetero) is 1. The van der Waals surface area contributed by atoms with Crippen molar-refractivity contribution in [3.63, 3.8) is 0 Å². The van der Waals surface area contributed by atoms with Gasteiger partial charge >= 0.3 is 7.60 Å². The van der Waals surface area contributed by atoms with E-state index >= 15 is 0 Å². The fraction of sp³-hybridized carbons (Fsp3) is 0.278. The van der Waals surface area contributed by atoms with Crippen LogP contribution in [0.4, 0.5) is 0 Å². The second-order valence-electron chi connectivity index (χ2n) is 6.18. The highest BCUT2D eigenvalue weighted by molar-refractivity contribution is 7.52. The van der Waals surface area contributed by atoms with Gasteiger partial charge < -0.3 is 19.3 Å². The molecule has 0 fully saturated rings. The first-order valence-corrected chi connectivity index (χ1v) is 10.5. The van der Waals surface area contributed by atoms with Crippen LogP contribution in [0.2, 0.25) is 10.0 Å². The third-order valence-electron chi connectivity index (χ3n) is 3.71. The molecule has 9 heteroatoms. The Morgan fingerprint density at radius 1 is 1.15 bits per heavy atom. The van der Waals surface area contributed by atoms with E-state index in [0.717, 1.165) is 11.3 Å². The van der Waals surface area contributed by atoms with Crippen molar-refractivity contribution in [3.8, 4) is 17.2 Å². The zero-order valence-corrected chi connectivity index (χ0v) is 17.3. The van der Waals surface area contributed by atoms with Crippen LogP contribution in [0.5, 0.6) is 17.2 Å². The molecule has 2 aromatic rings. The highest BCUT2D eigenvalue weighted by atomic mass is 35.5. The number of carbonyl (C=O) groups is 1. The minimum atomic E-state index is -4.49. The van der Waals surface area contributed by atoms with Gasteiger partial charge in [0.1, 0.15) is 17.7 Å². The normalized spacial score (nSPS) is 11.6. The van der Waals surface area contributed by atoms with Crippen molar-refractivity contribution in [2.24, 2.45) is 0 Å². The van der Waals surface area contributed by atoms with Crippen LogP contribution in [0.1, 0.15) is 35.7 Å². The maximum atomic E-state index is 12.0. The molecule has 0 spiro atoms. The average Bonchev–Trinajstić information content (AvgIpc) is 2.56. The summed E-state index contributed by atoms with van der Waals surface area (Å²) in [6.45, 7) is 4.03. The quantitative estimate of drug-likeness (QED) is 0.456. The van der Waals surface area contributed by atoms with Crippen molar-refractivity contribution < 1.29 is 28.6 Å². The van der Waals surface area contributed by atoms with Crippen LogP contribution in [-0.4, -0.2) is 28.8 Å². The molecule has 0 saturated carbocycles. The van der Waals surface area contributed by atoms with Gasteiger partial charge in [0.05, 0.1) is 17.2 Å². The van der Waals surface area contributed by atoms with Crippen molar-refractivity contribution in [2.75, 3.05) is 13.3 Å². The topological polar surface area (TPSA) is 93.1 Å². The van der Waals surface area contributed by atoms with Crippen LogP contribution in [0, 0.1) is 0 Å². The Morgan fingerprint density at radius 2 is 1.74 bits per heavy atom. The zero-order valence-electron chi connectivity index (χ0n) is 14.9. The fourth-order valence-electron chi connectivity index (χ4n) is 2.44. The maximum absolute atomic E-state index is 12.0. The number of ether oxygens (including phenoxy) is 2. The summed E-state index contributed by atoms with van der Waals surface area (Å²) in [5, 5.41) is 0.108. The minimum Gasteiger partial charge on any atom is -0.496 e. The molecule has 0 amide bonds. The number of hydrogen-bond acceptors (Lipinski definition) is 4. The summed E-state index contributed by atoms with van der Waals surface area (Å²) in [5.74, 6) is 0.795. The molecular formula is C18H19Cl2O6P. The Labute approximate surface area is 167 Å². The summed E-state index contributed by atoms with van der Waals surface area (Å²) in [6, 6.07) is 7.82. The van der Waals surface area contributed by atoms with E-state index < -0.39 is 19.5 Å². The number of hydrogen-bond donors (Lipinski definition) is 2. The number of halogens is 2. The second-order valence-corrected chi connectivity index (χ2v) is 8.64. The first kappa shape index (κ1) is 21.7. The van der Waals surface area contributed by atoms with Crippen molar-refractivity contribution in [2.45, 2.75) is 19.8 Å². The van der Waals surface area contributed by atoms with Crippen LogP contribution in [-0.2, 0) is 4.57 Å². The number of ketones is 1.